The molecule has 10 aromatic rings. The van der Waals surface area contributed by atoms with Crippen LogP contribution in [0.3, 0.4) is 0 Å². The van der Waals surface area contributed by atoms with E-state index in [9.17, 15) is 0 Å². The van der Waals surface area contributed by atoms with Gasteiger partial charge in [0.1, 0.15) is 11.5 Å². The van der Waals surface area contributed by atoms with Gasteiger partial charge >= 0.3 is 0 Å². The Kier molecular flexibility index (Phi) is 10.1. The number of hydrogen-bond donors (Lipinski definition) is 0. The van der Waals surface area contributed by atoms with Crippen LogP contribution in [0.15, 0.2) is 224 Å². The minimum absolute atomic E-state index is 0.134. The van der Waals surface area contributed by atoms with Crippen molar-refractivity contribution in [3.05, 3.63) is 236 Å². The number of nitrogens with zero attached hydrogens (tertiary/aromatic N) is 2. The van der Waals surface area contributed by atoms with E-state index in [1.807, 2.05) is 0 Å². The molecule has 346 valence electrons. The first-order valence-electron chi connectivity index (χ1n) is 25.4. The number of fused-ring (bicyclic) bond motifs is 10. The fraction of sp³-hybridized carbons (Fsp3) is 0.118. The highest BCUT2D eigenvalue weighted by Crippen LogP contribution is 2.56. The minimum atomic E-state index is -0.202. The number of ether oxygens (including phenoxy) is 1. The van der Waals surface area contributed by atoms with Crippen molar-refractivity contribution in [2.75, 3.05) is 9.80 Å². The second kappa shape index (κ2) is 16.6. The molecule has 0 aromatic heterocycles. The fourth-order valence-corrected chi connectivity index (χ4v) is 11.5. The van der Waals surface area contributed by atoms with Gasteiger partial charge in [-0.25, -0.2) is 0 Å². The van der Waals surface area contributed by atoms with E-state index in [0.29, 0.717) is 0 Å². The maximum absolute atomic E-state index is 7.24. The Labute approximate surface area is 424 Å². The van der Waals surface area contributed by atoms with Crippen LogP contribution < -0.4 is 30.9 Å². The van der Waals surface area contributed by atoms with Crippen molar-refractivity contribution in [1.29, 1.82) is 0 Å². The molecule has 0 spiro atoms. The largest absolute Gasteiger partial charge is 0.456 e. The van der Waals surface area contributed by atoms with Crippen LogP contribution in [0.2, 0.25) is 0 Å². The molecule has 0 saturated heterocycles. The standard InChI is InChI=1S/C68H55BN2O/c1-67(2,3)49-40-56-54-28-17-19-32-63(54)72-62-31-18-16-27-53(62)55-30-20-29-52(47-25-14-9-15-26-47)65(55)71-61-43-50(68(4,5)6)42-60-64(61)69(58(41-49)66(56)71)57-39-48(45-23-12-8-13-24-45)35-38-59(57)70(60)51-36-33-46(34-37-51)44-21-10-7-11-22-44/h7-43H,1-6H3. The van der Waals surface area contributed by atoms with Gasteiger partial charge in [-0.1, -0.05) is 217 Å². The summed E-state index contributed by atoms with van der Waals surface area (Å²) in [5.41, 5.74) is 24.4. The lowest BCUT2D eigenvalue weighted by atomic mass is 9.33. The SMILES string of the molecule is CC(C)(C)c1cc2c3c(c1)-c1ccccc1Oc1ccccc1-c1cccc(-c4ccccc4)c1N3c1cc(C(C)(C)C)cc3c1B2c1cc(-c2ccccc2)ccc1N3c1ccc(-c2ccccc2)cc1. The van der Waals surface area contributed by atoms with Gasteiger partial charge in [-0.15, -0.1) is 0 Å². The summed E-state index contributed by atoms with van der Waals surface area (Å²) in [6.07, 6.45) is 0. The average Bonchev–Trinajstić information content (AvgIpc) is 3.40. The number of benzene rings is 10. The smallest absolute Gasteiger partial charge is 0.252 e. The molecule has 0 amide bonds. The summed E-state index contributed by atoms with van der Waals surface area (Å²) in [4.78, 5) is 5.24. The van der Waals surface area contributed by atoms with Gasteiger partial charge in [0, 0.05) is 56.3 Å². The summed E-state index contributed by atoms with van der Waals surface area (Å²) in [5.74, 6) is 1.65. The molecule has 3 nitrogen and oxygen atoms in total. The molecule has 0 unspecified atom stereocenters. The molecular formula is C68H55BN2O. The third kappa shape index (κ3) is 7.11. The molecule has 3 heterocycles. The van der Waals surface area contributed by atoms with Crippen LogP contribution in [0.25, 0.3) is 55.6 Å². The van der Waals surface area contributed by atoms with Crippen molar-refractivity contribution >= 4 is 57.2 Å². The van der Waals surface area contributed by atoms with Gasteiger partial charge in [-0.3, -0.25) is 0 Å². The van der Waals surface area contributed by atoms with Crippen molar-refractivity contribution in [2.45, 2.75) is 52.4 Å². The zero-order valence-electron chi connectivity index (χ0n) is 41.7. The van der Waals surface area contributed by atoms with Crippen LogP contribution in [0.1, 0.15) is 52.7 Å². The quantitative estimate of drug-likeness (QED) is 0.164. The van der Waals surface area contributed by atoms with Gasteiger partial charge in [0.25, 0.3) is 6.71 Å². The molecule has 72 heavy (non-hydrogen) atoms. The normalized spacial score (nSPS) is 13.2. The molecule has 0 bridgehead atoms. The molecule has 10 aromatic carbocycles. The zero-order chi connectivity index (χ0) is 48.9. The van der Waals surface area contributed by atoms with E-state index in [1.54, 1.807) is 0 Å². The van der Waals surface area contributed by atoms with Gasteiger partial charge in [-0.05, 0) is 115 Å². The van der Waals surface area contributed by atoms with Gasteiger partial charge in [0.15, 0.2) is 0 Å². The van der Waals surface area contributed by atoms with Gasteiger partial charge < -0.3 is 14.5 Å². The molecule has 0 N–H and O–H groups in total. The summed E-state index contributed by atoms with van der Waals surface area (Å²) in [6.45, 7) is 14.0. The Morgan fingerprint density at radius 3 is 1.44 bits per heavy atom. The summed E-state index contributed by atoms with van der Waals surface area (Å²) < 4.78 is 7.24. The van der Waals surface area contributed by atoms with Crippen molar-refractivity contribution in [2.24, 2.45) is 0 Å². The summed E-state index contributed by atoms with van der Waals surface area (Å²) in [6, 6.07) is 83.1. The predicted molar refractivity (Wildman–Crippen MR) is 305 cm³/mol. The Bertz CT molecular complexity index is 3740. The summed E-state index contributed by atoms with van der Waals surface area (Å²) in [7, 11) is 0. The highest BCUT2D eigenvalue weighted by molar-refractivity contribution is 7.00. The zero-order valence-corrected chi connectivity index (χ0v) is 41.7. The van der Waals surface area contributed by atoms with Gasteiger partial charge in [-0.2, -0.15) is 0 Å². The number of anilines is 6. The van der Waals surface area contributed by atoms with Crippen molar-refractivity contribution < 1.29 is 4.74 Å². The maximum atomic E-state index is 7.24. The van der Waals surface area contributed by atoms with E-state index in [4.69, 9.17) is 4.74 Å². The molecule has 0 radical (unpaired) electrons. The van der Waals surface area contributed by atoms with Crippen LogP contribution >= 0.6 is 0 Å². The second-order valence-electron chi connectivity index (χ2n) is 21.7. The van der Waals surface area contributed by atoms with E-state index in [1.165, 1.54) is 72.5 Å². The number of hydrogen-bond acceptors (Lipinski definition) is 3. The fourth-order valence-electron chi connectivity index (χ4n) is 11.5. The summed E-state index contributed by atoms with van der Waals surface area (Å²) in [5, 5.41) is 0. The predicted octanol–water partition coefficient (Wildman–Crippen LogP) is 16.8. The van der Waals surface area contributed by atoms with Gasteiger partial charge in [0.2, 0.25) is 0 Å². The lowest BCUT2D eigenvalue weighted by Gasteiger charge is -2.47. The van der Waals surface area contributed by atoms with Crippen molar-refractivity contribution in [1.82, 2.24) is 0 Å². The Morgan fingerprint density at radius 2 is 0.819 bits per heavy atom. The van der Waals surface area contributed by atoms with Crippen LogP contribution in [0.5, 0.6) is 11.5 Å². The van der Waals surface area contributed by atoms with Crippen LogP contribution in [-0.2, 0) is 10.8 Å². The molecule has 0 aliphatic carbocycles. The van der Waals surface area contributed by atoms with E-state index in [0.717, 1.165) is 56.3 Å². The third-order valence-electron chi connectivity index (χ3n) is 15.2. The third-order valence-corrected chi connectivity index (χ3v) is 15.2. The lowest BCUT2D eigenvalue weighted by Crippen LogP contribution is -2.62. The van der Waals surface area contributed by atoms with E-state index < -0.39 is 0 Å². The van der Waals surface area contributed by atoms with Gasteiger partial charge in [0.05, 0.1) is 5.69 Å². The topological polar surface area (TPSA) is 15.7 Å². The lowest BCUT2D eigenvalue weighted by molar-refractivity contribution is 0.486. The maximum Gasteiger partial charge on any atom is 0.252 e. The number of rotatable bonds is 4. The molecule has 0 fully saturated rings. The molecule has 3 aliphatic rings. The van der Waals surface area contributed by atoms with Crippen molar-refractivity contribution in [3.8, 4) is 67.1 Å². The second-order valence-corrected chi connectivity index (χ2v) is 21.7. The Morgan fingerprint density at radius 1 is 0.333 bits per heavy atom. The first-order valence-corrected chi connectivity index (χ1v) is 25.4. The average molecular weight is 927 g/mol. The molecule has 4 heteroatoms. The Balaban J connectivity index is 1.22. The monoisotopic (exact) mass is 926 g/mol. The number of para-hydroxylation sites is 3. The Hall–Kier alpha value is -8.34. The molecule has 3 aliphatic heterocycles. The molecule has 0 atom stereocenters. The van der Waals surface area contributed by atoms with E-state index in [2.05, 4.69) is 276 Å². The first-order chi connectivity index (χ1) is 35.0. The van der Waals surface area contributed by atoms with Crippen LogP contribution in [0.4, 0.5) is 34.1 Å². The van der Waals surface area contributed by atoms with Crippen molar-refractivity contribution in [3.63, 3.8) is 0 Å². The van der Waals surface area contributed by atoms with Crippen LogP contribution in [-0.4, -0.2) is 6.71 Å². The highest BCUT2D eigenvalue weighted by Gasteiger charge is 2.47. The molecular weight excluding hydrogens is 872 g/mol. The molecule has 0 saturated carbocycles. The molecule has 13 rings (SSSR count). The van der Waals surface area contributed by atoms with Crippen LogP contribution in [0, 0.1) is 0 Å². The summed E-state index contributed by atoms with van der Waals surface area (Å²) >= 11 is 0. The highest BCUT2D eigenvalue weighted by atomic mass is 16.5. The van der Waals surface area contributed by atoms with E-state index in [-0.39, 0.29) is 17.5 Å². The first kappa shape index (κ1) is 43.7. The van der Waals surface area contributed by atoms with E-state index >= 15 is 0 Å². The minimum Gasteiger partial charge on any atom is -0.456 e.